The molecule has 1 fully saturated rings. The Morgan fingerprint density at radius 1 is 1.13 bits per heavy atom. The Balaban J connectivity index is 0.000000423. The summed E-state index contributed by atoms with van der Waals surface area (Å²) in [7, 11) is -6.60. The van der Waals surface area contributed by atoms with Gasteiger partial charge >= 0.3 is 15.9 Å². The SMILES string of the molecule is O=P(O)(O)CC1CCCCC1.O=[P+](O)O. The average molecular weight is 259 g/mol. The molecule has 8 heteroatoms. The topological polar surface area (TPSA) is 115 Å². The van der Waals surface area contributed by atoms with Crippen molar-refractivity contribution in [3.05, 3.63) is 0 Å². The first-order valence-corrected chi connectivity index (χ1v) is 7.67. The van der Waals surface area contributed by atoms with Crippen LogP contribution >= 0.6 is 15.9 Å². The van der Waals surface area contributed by atoms with Gasteiger partial charge in [-0.05, 0) is 18.8 Å². The van der Waals surface area contributed by atoms with Gasteiger partial charge in [0.1, 0.15) is 0 Å². The quantitative estimate of drug-likeness (QED) is 0.557. The molecule has 1 aliphatic rings. The van der Waals surface area contributed by atoms with Crippen LogP contribution in [0.15, 0.2) is 0 Å². The Kier molecular flexibility index (Phi) is 7.53. The summed E-state index contributed by atoms with van der Waals surface area (Å²) in [6.45, 7) is 0. The summed E-state index contributed by atoms with van der Waals surface area (Å²) in [4.78, 5) is 31.6. The molecule has 15 heavy (non-hydrogen) atoms. The van der Waals surface area contributed by atoms with Crippen LogP contribution in [-0.2, 0) is 9.13 Å². The van der Waals surface area contributed by atoms with Gasteiger partial charge in [0, 0.05) is 4.57 Å². The van der Waals surface area contributed by atoms with Crippen LogP contribution in [0.25, 0.3) is 0 Å². The van der Waals surface area contributed by atoms with Crippen LogP contribution in [0.1, 0.15) is 32.1 Å². The average Bonchev–Trinajstić information content (AvgIpc) is 2.01. The molecule has 0 amide bonds. The molecule has 6 nitrogen and oxygen atoms in total. The molecular formula is C7H17O6P2+. The van der Waals surface area contributed by atoms with Gasteiger partial charge in [0.05, 0.1) is 6.16 Å². The van der Waals surface area contributed by atoms with Gasteiger partial charge < -0.3 is 9.79 Å². The van der Waals surface area contributed by atoms with Crippen LogP contribution < -0.4 is 0 Å². The fourth-order valence-corrected chi connectivity index (χ4v) is 2.74. The lowest BCUT2D eigenvalue weighted by molar-refractivity contribution is 0.332. The van der Waals surface area contributed by atoms with E-state index in [0.717, 1.165) is 25.7 Å². The number of hydrogen-bond acceptors (Lipinski definition) is 2. The van der Waals surface area contributed by atoms with Crippen LogP contribution in [0.4, 0.5) is 0 Å². The summed E-state index contributed by atoms with van der Waals surface area (Å²) in [5, 5.41) is 0. The summed E-state index contributed by atoms with van der Waals surface area (Å²) in [6.07, 6.45) is 5.64. The summed E-state index contributed by atoms with van der Waals surface area (Å²) < 4.78 is 19.3. The lowest BCUT2D eigenvalue weighted by Crippen LogP contribution is -2.10. The molecule has 0 spiro atoms. The van der Waals surface area contributed by atoms with E-state index in [9.17, 15) is 4.57 Å². The van der Waals surface area contributed by atoms with Crippen molar-refractivity contribution in [2.45, 2.75) is 32.1 Å². The van der Waals surface area contributed by atoms with Crippen molar-refractivity contribution in [1.82, 2.24) is 0 Å². The minimum Gasteiger partial charge on any atom is -0.324 e. The van der Waals surface area contributed by atoms with Gasteiger partial charge in [-0.2, -0.15) is 0 Å². The minimum absolute atomic E-state index is 0.104. The Morgan fingerprint density at radius 2 is 1.53 bits per heavy atom. The standard InChI is InChI=1S/C7H15O3P.HO3P/c8-11(9,10)6-7-4-2-1-3-5-7;1-4(2)3/h7H,1-6H2,(H2,8,9,10);(H-,1,2,3)/p+1. The molecule has 0 saturated heterocycles. The summed E-state index contributed by atoms with van der Waals surface area (Å²) in [6, 6.07) is 0. The molecule has 90 valence electrons. The molecule has 1 aliphatic carbocycles. The van der Waals surface area contributed by atoms with E-state index in [1.165, 1.54) is 6.42 Å². The molecule has 0 aromatic carbocycles. The highest BCUT2D eigenvalue weighted by Crippen LogP contribution is 2.40. The normalized spacial score (nSPS) is 17.9. The molecule has 0 aliphatic heterocycles. The molecule has 0 bridgehead atoms. The van der Waals surface area contributed by atoms with E-state index in [-0.39, 0.29) is 12.1 Å². The largest absolute Gasteiger partial charge is 0.692 e. The van der Waals surface area contributed by atoms with Crippen molar-refractivity contribution in [3.8, 4) is 0 Å². The van der Waals surface area contributed by atoms with Crippen LogP contribution in [0.5, 0.6) is 0 Å². The monoisotopic (exact) mass is 259 g/mol. The second-order valence-corrected chi connectivity index (χ2v) is 5.80. The van der Waals surface area contributed by atoms with Crippen molar-refractivity contribution in [2.24, 2.45) is 5.92 Å². The smallest absolute Gasteiger partial charge is 0.324 e. The van der Waals surface area contributed by atoms with Gasteiger partial charge in [0.2, 0.25) is 0 Å². The van der Waals surface area contributed by atoms with E-state index in [2.05, 4.69) is 0 Å². The van der Waals surface area contributed by atoms with Gasteiger partial charge in [-0.1, -0.05) is 19.3 Å². The van der Waals surface area contributed by atoms with Crippen LogP contribution in [0.3, 0.4) is 0 Å². The van der Waals surface area contributed by atoms with E-state index < -0.39 is 15.9 Å². The molecule has 1 saturated carbocycles. The van der Waals surface area contributed by atoms with Gasteiger partial charge in [0.25, 0.3) is 0 Å². The van der Waals surface area contributed by atoms with Crippen LogP contribution in [0.2, 0.25) is 0 Å². The van der Waals surface area contributed by atoms with Crippen molar-refractivity contribution >= 4 is 15.9 Å². The van der Waals surface area contributed by atoms with Crippen molar-refractivity contribution in [1.29, 1.82) is 0 Å². The molecule has 0 heterocycles. The zero-order valence-electron chi connectivity index (χ0n) is 8.32. The van der Waals surface area contributed by atoms with Gasteiger partial charge in [-0.15, -0.1) is 9.79 Å². The highest BCUT2D eigenvalue weighted by molar-refractivity contribution is 7.51. The van der Waals surface area contributed by atoms with Crippen molar-refractivity contribution in [2.75, 3.05) is 6.16 Å². The number of rotatable bonds is 2. The van der Waals surface area contributed by atoms with Crippen LogP contribution in [-0.4, -0.2) is 25.7 Å². The second kappa shape index (κ2) is 7.44. The summed E-state index contributed by atoms with van der Waals surface area (Å²) in [5.74, 6) is 0.282. The first-order chi connectivity index (χ1) is 6.81. The number of hydrogen-bond donors (Lipinski definition) is 4. The Labute approximate surface area is 89.4 Å². The van der Waals surface area contributed by atoms with E-state index in [4.69, 9.17) is 24.1 Å². The van der Waals surface area contributed by atoms with Crippen LogP contribution in [0, 0.1) is 5.92 Å². The first-order valence-electron chi connectivity index (χ1n) is 4.71. The molecular weight excluding hydrogens is 242 g/mol. The fraction of sp³-hybridized carbons (Fsp3) is 1.00. The van der Waals surface area contributed by atoms with E-state index >= 15 is 0 Å². The Morgan fingerprint density at radius 3 is 1.87 bits per heavy atom. The fourth-order valence-electron chi connectivity index (χ4n) is 1.71. The molecule has 0 atom stereocenters. The summed E-state index contributed by atoms with van der Waals surface area (Å²) >= 11 is 0. The molecule has 0 aromatic heterocycles. The maximum Gasteiger partial charge on any atom is 0.692 e. The third-order valence-corrected chi connectivity index (χ3v) is 3.21. The zero-order valence-corrected chi connectivity index (χ0v) is 10.1. The molecule has 4 N–H and O–H groups in total. The molecule has 1 rings (SSSR count). The van der Waals surface area contributed by atoms with Crippen molar-refractivity contribution in [3.63, 3.8) is 0 Å². The maximum absolute atomic E-state index is 10.6. The summed E-state index contributed by atoms with van der Waals surface area (Å²) in [5.41, 5.74) is 0. The highest BCUT2D eigenvalue weighted by Gasteiger charge is 2.22. The predicted octanol–water partition coefficient (Wildman–Crippen LogP) is 1.37. The highest BCUT2D eigenvalue weighted by atomic mass is 31.2. The molecule has 0 aromatic rings. The lowest BCUT2D eigenvalue weighted by Gasteiger charge is -2.21. The minimum atomic E-state index is -3.73. The Hall–Kier alpha value is 0.170. The molecule has 0 radical (unpaired) electrons. The second-order valence-electron chi connectivity index (χ2n) is 3.60. The lowest BCUT2D eigenvalue weighted by atomic mass is 9.91. The van der Waals surface area contributed by atoms with E-state index in [1.807, 2.05) is 0 Å². The van der Waals surface area contributed by atoms with Gasteiger partial charge in [-0.25, -0.2) is 0 Å². The maximum atomic E-state index is 10.6. The third kappa shape index (κ3) is 12.1. The van der Waals surface area contributed by atoms with Crippen molar-refractivity contribution < 1.29 is 28.7 Å². The van der Waals surface area contributed by atoms with Gasteiger partial charge in [0.15, 0.2) is 0 Å². The predicted molar refractivity (Wildman–Crippen MR) is 55.5 cm³/mol. The zero-order chi connectivity index (χ0) is 11.9. The first kappa shape index (κ1) is 15.2. The molecule has 0 unspecified atom stereocenters. The van der Waals surface area contributed by atoms with E-state index in [1.54, 1.807) is 0 Å². The third-order valence-electron chi connectivity index (χ3n) is 2.22. The van der Waals surface area contributed by atoms with Gasteiger partial charge in [-0.3, -0.25) is 4.57 Å². The van der Waals surface area contributed by atoms with E-state index in [0.29, 0.717) is 0 Å². The Bertz CT molecular complexity index is 228.